The lowest BCUT2D eigenvalue weighted by Gasteiger charge is -2.36. The van der Waals surface area contributed by atoms with Crippen LogP contribution in [0.2, 0.25) is 0 Å². The fraction of sp³-hybridized carbons (Fsp3) is 0.833. The molecule has 116 valence electrons. The Balaban J connectivity index is 2.88. The van der Waals surface area contributed by atoms with Crippen LogP contribution in [0.25, 0.3) is 0 Å². The number of amides is 1. The van der Waals surface area contributed by atoms with Gasteiger partial charge in [0.15, 0.2) is 5.84 Å². The van der Waals surface area contributed by atoms with Crippen LogP contribution in [0.3, 0.4) is 0 Å². The summed E-state index contributed by atoms with van der Waals surface area (Å²) >= 11 is 0. The third kappa shape index (κ3) is 3.55. The highest BCUT2D eigenvalue weighted by atomic mass is 19.4. The summed E-state index contributed by atoms with van der Waals surface area (Å²) in [6.07, 6.45) is -3.09. The molecule has 0 bridgehead atoms. The molecule has 8 heteroatoms. The summed E-state index contributed by atoms with van der Waals surface area (Å²) < 4.78 is 38.9. The molecule has 0 aromatic heterocycles. The van der Waals surface area contributed by atoms with Crippen molar-refractivity contribution in [2.24, 2.45) is 22.7 Å². The fourth-order valence-corrected chi connectivity index (χ4v) is 2.55. The van der Waals surface area contributed by atoms with Gasteiger partial charge in [-0.3, -0.25) is 4.79 Å². The zero-order valence-electron chi connectivity index (χ0n) is 11.5. The monoisotopic (exact) mass is 295 g/mol. The molecule has 20 heavy (non-hydrogen) atoms. The highest BCUT2D eigenvalue weighted by molar-refractivity contribution is 5.90. The minimum Gasteiger partial charge on any atom is -0.409 e. The molecule has 3 N–H and O–H groups in total. The van der Waals surface area contributed by atoms with E-state index in [0.29, 0.717) is 12.8 Å². The molecule has 0 radical (unpaired) electrons. The number of amidine groups is 1. The van der Waals surface area contributed by atoms with Gasteiger partial charge < -0.3 is 15.8 Å². The lowest BCUT2D eigenvalue weighted by molar-refractivity contribution is -0.200. The van der Waals surface area contributed by atoms with E-state index in [1.165, 1.54) is 14.0 Å². The van der Waals surface area contributed by atoms with Crippen molar-refractivity contribution in [3.8, 4) is 0 Å². The van der Waals surface area contributed by atoms with E-state index in [-0.39, 0.29) is 18.7 Å². The van der Waals surface area contributed by atoms with Crippen molar-refractivity contribution in [2.75, 3.05) is 7.05 Å². The van der Waals surface area contributed by atoms with Crippen molar-refractivity contribution >= 4 is 11.7 Å². The number of carbonyl (C=O) groups is 1. The van der Waals surface area contributed by atoms with E-state index in [1.807, 2.05) is 0 Å². The number of carbonyl (C=O) groups excluding carboxylic acids is 1. The van der Waals surface area contributed by atoms with E-state index in [9.17, 15) is 18.0 Å². The van der Waals surface area contributed by atoms with Crippen LogP contribution in [-0.4, -0.2) is 41.1 Å². The van der Waals surface area contributed by atoms with Gasteiger partial charge in [0.1, 0.15) is 0 Å². The first kappa shape index (κ1) is 16.6. The molecule has 3 atom stereocenters. The second-order valence-electron chi connectivity index (χ2n) is 5.19. The highest BCUT2D eigenvalue weighted by Crippen LogP contribution is 2.42. The van der Waals surface area contributed by atoms with Gasteiger partial charge in [-0.05, 0) is 19.8 Å². The SMILES string of the molecule is CC(C(N)=NO)N(C)C(=O)C1CCCCC1C(F)(F)F. The van der Waals surface area contributed by atoms with Gasteiger partial charge >= 0.3 is 6.18 Å². The molecule has 0 spiro atoms. The Morgan fingerprint density at radius 3 is 2.45 bits per heavy atom. The maximum Gasteiger partial charge on any atom is 0.392 e. The molecule has 1 aliphatic carbocycles. The first-order valence-electron chi connectivity index (χ1n) is 6.51. The number of hydrogen-bond donors (Lipinski definition) is 2. The Bertz CT molecular complexity index is 385. The number of nitrogens with zero attached hydrogens (tertiary/aromatic N) is 2. The first-order chi connectivity index (χ1) is 9.20. The minimum absolute atomic E-state index is 0.0221. The van der Waals surface area contributed by atoms with Gasteiger partial charge in [0.05, 0.1) is 12.0 Å². The van der Waals surface area contributed by atoms with Crippen molar-refractivity contribution in [3.05, 3.63) is 0 Å². The molecule has 0 heterocycles. The third-order valence-corrected chi connectivity index (χ3v) is 3.98. The minimum atomic E-state index is -4.37. The van der Waals surface area contributed by atoms with E-state index < -0.39 is 30.0 Å². The average molecular weight is 295 g/mol. The molecule has 0 saturated heterocycles. The van der Waals surface area contributed by atoms with Gasteiger partial charge in [-0.1, -0.05) is 18.0 Å². The van der Waals surface area contributed by atoms with Gasteiger partial charge in [0.2, 0.25) is 5.91 Å². The maximum atomic E-state index is 13.0. The second-order valence-corrected chi connectivity index (χ2v) is 5.19. The maximum absolute atomic E-state index is 13.0. The first-order valence-corrected chi connectivity index (χ1v) is 6.51. The normalized spacial score (nSPS) is 26.1. The van der Waals surface area contributed by atoms with Crippen LogP contribution in [0.5, 0.6) is 0 Å². The number of nitrogens with two attached hydrogens (primary N) is 1. The zero-order valence-corrected chi connectivity index (χ0v) is 11.5. The summed E-state index contributed by atoms with van der Waals surface area (Å²) in [6, 6.07) is -0.747. The van der Waals surface area contributed by atoms with Crippen LogP contribution in [0.1, 0.15) is 32.6 Å². The van der Waals surface area contributed by atoms with Gasteiger partial charge in [-0.25, -0.2) is 0 Å². The Kier molecular flexibility index (Phi) is 5.24. The van der Waals surface area contributed by atoms with Crippen LogP contribution in [-0.2, 0) is 4.79 Å². The smallest absolute Gasteiger partial charge is 0.392 e. The van der Waals surface area contributed by atoms with Crippen LogP contribution in [0, 0.1) is 11.8 Å². The van der Waals surface area contributed by atoms with E-state index in [4.69, 9.17) is 10.9 Å². The van der Waals surface area contributed by atoms with Crippen LogP contribution in [0.15, 0.2) is 5.16 Å². The molecule has 1 fully saturated rings. The average Bonchev–Trinajstić information content (AvgIpc) is 2.43. The van der Waals surface area contributed by atoms with Crippen molar-refractivity contribution in [3.63, 3.8) is 0 Å². The van der Waals surface area contributed by atoms with E-state index in [1.54, 1.807) is 0 Å². The van der Waals surface area contributed by atoms with Gasteiger partial charge in [0, 0.05) is 13.0 Å². The predicted molar refractivity (Wildman–Crippen MR) is 67.1 cm³/mol. The zero-order chi connectivity index (χ0) is 15.5. The molecule has 0 aromatic rings. The summed E-state index contributed by atoms with van der Waals surface area (Å²) in [5.41, 5.74) is 5.39. The number of hydrogen-bond acceptors (Lipinski definition) is 3. The van der Waals surface area contributed by atoms with E-state index >= 15 is 0 Å². The summed E-state index contributed by atoms with van der Waals surface area (Å²) in [7, 11) is 1.37. The summed E-state index contributed by atoms with van der Waals surface area (Å²) in [5, 5.41) is 11.4. The van der Waals surface area contributed by atoms with Crippen LogP contribution >= 0.6 is 0 Å². The van der Waals surface area contributed by atoms with Gasteiger partial charge in [0.25, 0.3) is 0 Å². The number of alkyl halides is 3. The number of rotatable bonds is 3. The molecule has 1 rings (SSSR count). The Morgan fingerprint density at radius 2 is 1.95 bits per heavy atom. The predicted octanol–water partition coefficient (Wildman–Crippen LogP) is 1.95. The van der Waals surface area contributed by atoms with Crippen molar-refractivity contribution in [1.82, 2.24) is 4.90 Å². The van der Waals surface area contributed by atoms with Crippen molar-refractivity contribution in [2.45, 2.75) is 44.8 Å². The number of likely N-dealkylation sites (N-methyl/N-ethyl adjacent to an activating group) is 1. The van der Waals surface area contributed by atoms with Crippen LogP contribution < -0.4 is 5.73 Å². The summed E-state index contributed by atoms with van der Waals surface area (Å²) in [5.74, 6) is -3.50. The Labute approximate surface area is 115 Å². The lowest BCUT2D eigenvalue weighted by atomic mass is 9.78. The second kappa shape index (κ2) is 6.32. The largest absolute Gasteiger partial charge is 0.409 e. The third-order valence-electron chi connectivity index (χ3n) is 3.98. The Morgan fingerprint density at radius 1 is 1.40 bits per heavy atom. The fourth-order valence-electron chi connectivity index (χ4n) is 2.55. The van der Waals surface area contributed by atoms with Crippen molar-refractivity contribution < 1.29 is 23.2 Å². The molecule has 5 nitrogen and oxygen atoms in total. The Hall–Kier alpha value is -1.47. The molecule has 0 aliphatic heterocycles. The van der Waals surface area contributed by atoms with E-state index in [2.05, 4.69) is 5.16 Å². The molecular formula is C12H20F3N3O2. The number of oxime groups is 1. The molecule has 1 aliphatic rings. The molecule has 0 aromatic carbocycles. The molecular weight excluding hydrogens is 275 g/mol. The highest BCUT2D eigenvalue weighted by Gasteiger charge is 2.49. The summed E-state index contributed by atoms with van der Waals surface area (Å²) in [4.78, 5) is 13.4. The van der Waals surface area contributed by atoms with E-state index in [0.717, 1.165) is 4.90 Å². The number of halogens is 3. The molecule has 1 saturated carbocycles. The lowest BCUT2D eigenvalue weighted by Crippen LogP contribution is -2.49. The summed E-state index contributed by atoms with van der Waals surface area (Å²) in [6.45, 7) is 1.50. The molecule has 3 unspecified atom stereocenters. The molecule has 1 amide bonds. The van der Waals surface area contributed by atoms with Gasteiger partial charge in [-0.15, -0.1) is 0 Å². The van der Waals surface area contributed by atoms with Crippen LogP contribution in [0.4, 0.5) is 13.2 Å². The van der Waals surface area contributed by atoms with Gasteiger partial charge in [-0.2, -0.15) is 13.2 Å². The standard InChI is InChI=1S/C12H20F3N3O2/c1-7(10(16)17-20)18(2)11(19)8-5-3-4-6-9(8)12(13,14)15/h7-9,20H,3-6H2,1-2H3,(H2,16,17). The quantitative estimate of drug-likeness (QED) is 0.361. The van der Waals surface area contributed by atoms with Crippen molar-refractivity contribution in [1.29, 1.82) is 0 Å². The topological polar surface area (TPSA) is 78.9 Å².